The van der Waals surface area contributed by atoms with Crippen LogP contribution >= 0.6 is 0 Å². The number of hydrogen-bond acceptors (Lipinski definition) is 2. The van der Waals surface area contributed by atoms with Gasteiger partial charge in [-0.05, 0) is 36.3 Å². The molecule has 1 N–H and O–H groups in total. The molecular formula is C17H23N3. The number of aromatic nitrogens is 2. The van der Waals surface area contributed by atoms with Gasteiger partial charge < -0.3 is 5.32 Å². The van der Waals surface area contributed by atoms with Crippen molar-refractivity contribution in [2.45, 2.75) is 33.2 Å². The van der Waals surface area contributed by atoms with Crippen LogP contribution in [0.25, 0.3) is 5.69 Å². The highest BCUT2D eigenvalue weighted by Crippen LogP contribution is 2.51. The van der Waals surface area contributed by atoms with Crippen LogP contribution in [0.1, 0.15) is 32.3 Å². The molecule has 0 aliphatic heterocycles. The Kier molecular flexibility index (Phi) is 3.62. The molecule has 1 heterocycles. The summed E-state index contributed by atoms with van der Waals surface area (Å²) in [5.41, 5.74) is 2.92. The lowest BCUT2D eigenvalue weighted by molar-refractivity contribution is 0.338. The second-order valence-electron chi connectivity index (χ2n) is 6.25. The van der Waals surface area contributed by atoms with Crippen LogP contribution in [-0.4, -0.2) is 16.3 Å². The van der Waals surface area contributed by atoms with Gasteiger partial charge in [0.2, 0.25) is 0 Å². The maximum atomic E-state index is 4.43. The van der Waals surface area contributed by atoms with Gasteiger partial charge >= 0.3 is 0 Å². The summed E-state index contributed by atoms with van der Waals surface area (Å²) in [6, 6.07) is 10.2. The summed E-state index contributed by atoms with van der Waals surface area (Å²) >= 11 is 0. The number of para-hydroxylation sites is 1. The third-order valence-corrected chi connectivity index (χ3v) is 4.58. The van der Waals surface area contributed by atoms with Crippen molar-refractivity contribution < 1.29 is 0 Å². The van der Waals surface area contributed by atoms with E-state index in [2.05, 4.69) is 42.6 Å². The van der Waals surface area contributed by atoms with Gasteiger partial charge in [0.15, 0.2) is 0 Å². The Balaban J connectivity index is 1.56. The third kappa shape index (κ3) is 2.78. The Morgan fingerprint density at radius 1 is 1.25 bits per heavy atom. The molecule has 1 fully saturated rings. The molecule has 1 saturated carbocycles. The molecule has 3 heteroatoms. The Hall–Kier alpha value is -1.61. The molecule has 0 radical (unpaired) electrons. The van der Waals surface area contributed by atoms with Crippen LogP contribution in [0.3, 0.4) is 0 Å². The Labute approximate surface area is 121 Å². The SMILES string of the molecule is CC(C)C1(CNCc2cnn(-c3ccccc3)c2)CC1. The van der Waals surface area contributed by atoms with Crippen molar-refractivity contribution in [2.24, 2.45) is 11.3 Å². The normalized spacial score (nSPS) is 16.6. The van der Waals surface area contributed by atoms with E-state index in [1.165, 1.54) is 18.4 Å². The smallest absolute Gasteiger partial charge is 0.0645 e. The zero-order valence-electron chi connectivity index (χ0n) is 12.3. The Morgan fingerprint density at radius 2 is 2.00 bits per heavy atom. The topological polar surface area (TPSA) is 29.9 Å². The van der Waals surface area contributed by atoms with Crippen LogP contribution in [0.4, 0.5) is 0 Å². The number of benzene rings is 1. The van der Waals surface area contributed by atoms with E-state index in [9.17, 15) is 0 Å². The quantitative estimate of drug-likeness (QED) is 0.871. The van der Waals surface area contributed by atoms with Gasteiger partial charge in [-0.15, -0.1) is 0 Å². The maximum absolute atomic E-state index is 4.43. The first-order valence-corrected chi connectivity index (χ1v) is 7.49. The lowest BCUT2D eigenvalue weighted by atomic mass is 9.92. The molecule has 0 saturated heterocycles. The summed E-state index contributed by atoms with van der Waals surface area (Å²) < 4.78 is 1.94. The molecular weight excluding hydrogens is 246 g/mol. The number of hydrogen-bond donors (Lipinski definition) is 1. The van der Waals surface area contributed by atoms with Gasteiger partial charge in [-0.2, -0.15) is 5.10 Å². The predicted octanol–water partition coefficient (Wildman–Crippen LogP) is 3.40. The molecule has 2 aromatic rings. The average Bonchev–Trinajstić information content (AvgIpc) is 3.11. The van der Waals surface area contributed by atoms with Crippen molar-refractivity contribution in [1.29, 1.82) is 0 Å². The fourth-order valence-corrected chi connectivity index (χ4v) is 2.75. The highest BCUT2D eigenvalue weighted by molar-refractivity contribution is 5.30. The minimum absolute atomic E-state index is 0.565. The van der Waals surface area contributed by atoms with Gasteiger partial charge in [-0.25, -0.2) is 4.68 Å². The number of nitrogens with zero attached hydrogens (tertiary/aromatic N) is 2. The van der Waals surface area contributed by atoms with E-state index in [0.717, 1.165) is 24.7 Å². The van der Waals surface area contributed by atoms with Crippen molar-refractivity contribution in [3.8, 4) is 5.69 Å². The summed E-state index contributed by atoms with van der Waals surface area (Å²) in [7, 11) is 0. The van der Waals surface area contributed by atoms with Gasteiger partial charge in [0, 0.05) is 24.8 Å². The van der Waals surface area contributed by atoms with Gasteiger partial charge in [-0.1, -0.05) is 32.0 Å². The molecule has 0 unspecified atom stereocenters. The molecule has 0 atom stereocenters. The minimum atomic E-state index is 0.565. The van der Waals surface area contributed by atoms with Gasteiger partial charge in [0.1, 0.15) is 0 Å². The van der Waals surface area contributed by atoms with E-state index in [-0.39, 0.29) is 0 Å². The monoisotopic (exact) mass is 269 g/mol. The second-order valence-corrected chi connectivity index (χ2v) is 6.25. The minimum Gasteiger partial charge on any atom is -0.312 e. The summed E-state index contributed by atoms with van der Waals surface area (Å²) in [5.74, 6) is 0.780. The van der Waals surface area contributed by atoms with Crippen LogP contribution in [0.5, 0.6) is 0 Å². The lowest BCUT2D eigenvalue weighted by Gasteiger charge is -2.19. The van der Waals surface area contributed by atoms with E-state index in [0.29, 0.717) is 5.41 Å². The van der Waals surface area contributed by atoms with E-state index in [1.54, 1.807) is 0 Å². The van der Waals surface area contributed by atoms with E-state index in [1.807, 2.05) is 29.1 Å². The van der Waals surface area contributed by atoms with Crippen molar-refractivity contribution in [2.75, 3.05) is 6.54 Å². The van der Waals surface area contributed by atoms with Crippen LogP contribution in [-0.2, 0) is 6.54 Å². The molecule has 3 rings (SSSR count). The molecule has 106 valence electrons. The first kappa shape index (κ1) is 13.4. The molecule has 1 aliphatic carbocycles. The number of rotatable bonds is 6. The fourth-order valence-electron chi connectivity index (χ4n) is 2.75. The zero-order valence-corrected chi connectivity index (χ0v) is 12.3. The van der Waals surface area contributed by atoms with Crippen molar-refractivity contribution in [3.05, 3.63) is 48.3 Å². The average molecular weight is 269 g/mol. The molecule has 1 aromatic carbocycles. The van der Waals surface area contributed by atoms with Crippen LogP contribution < -0.4 is 5.32 Å². The van der Waals surface area contributed by atoms with E-state index >= 15 is 0 Å². The highest BCUT2D eigenvalue weighted by atomic mass is 15.3. The van der Waals surface area contributed by atoms with Gasteiger partial charge in [0.05, 0.1) is 11.9 Å². The molecule has 0 amide bonds. The molecule has 0 bridgehead atoms. The second kappa shape index (κ2) is 5.41. The summed E-state index contributed by atoms with van der Waals surface area (Å²) in [6.45, 7) is 6.70. The van der Waals surface area contributed by atoms with Crippen LogP contribution in [0.2, 0.25) is 0 Å². The summed E-state index contributed by atoms with van der Waals surface area (Å²) in [5, 5.41) is 8.03. The maximum Gasteiger partial charge on any atom is 0.0645 e. The standard InChI is InChI=1S/C17H23N3/c1-14(2)17(8-9-17)13-18-10-15-11-19-20(12-15)16-6-4-3-5-7-16/h3-7,11-12,14,18H,8-10,13H2,1-2H3. The molecule has 0 spiro atoms. The number of nitrogens with one attached hydrogen (secondary N) is 1. The van der Waals surface area contributed by atoms with Crippen LogP contribution in [0.15, 0.2) is 42.7 Å². The lowest BCUT2D eigenvalue weighted by Crippen LogP contribution is -2.27. The molecule has 1 aliphatic rings. The molecule has 1 aromatic heterocycles. The Bertz CT molecular complexity index is 553. The molecule has 3 nitrogen and oxygen atoms in total. The van der Waals surface area contributed by atoms with Gasteiger partial charge in [0.25, 0.3) is 0 Å². The highest BCUT2D eigenvalue weighted by Gasteiger charge is 2.44. The zero-order chi connectivity index (χ0) is 14.0. The first-order valence-electron chi connectivity index (χ1n) is 7.49. The predicted molar refractivity (Wildman–Crippen MR) is 81.8 cm³/mol. The van der Waals surface area contributed by atoms with E-state index in [4.69, 9.17) is 0 Å². The summed E-state index contributed by atoms with van der Waals surface area (Å²) in [4.78, 5) is 0. The first-order chi connectivity index (χ1) is 9.70. The fraction of sp³-hybridized carbons (Fsp3) is 0.471. The van der Waals surface area contributed by atoms with Crippen molar-refractivity contribution in [3.63, 3.8) is 0 Å². The summed E-state index contributed by atoms with van der Waals surface area (Å²) in [6.07, 6.45) is 6.81. The van der Waals surface area contributed by atoms with Gasteiger partial charge in [-0.3, -0.25) is 0 Å². The van der Waals surface area contributed by atoms with E-state index < -0.39 is 0 Å². The van der Waals surface area contributed by atoms with Crippen LogP contribution in [0, 0.1) is 11.3 Å². The van der Waals surface area contributed by atoms with Crippen molar-refractivity contribution >= 4 is 0 Å². The largest absolute Gasteiger partial charge is 0.312 e. The third-order valence-electron chi connectivity index (χ3n) is 4.58. The van der Waals surface area contributed by atoms with Crippen molar-refractivity contribution in [1.82, 2.24) is 15.1 Å². The molecule has 20 heavy (non-hydrogen) atoms. The Morgan fingerprint density at radius 3 is 2.65 bits per heavy atom.